The molecule has 0 bridgehead atoms. The molecule has 34 heavy (non-hydrogen) atoms. The van der Waals surface area contributed by atoms with E-state index >= 15 is 0 Å². The summed E-state index contributed by atoms with van der Waals surface area (Å²) in [6, 6.07) is 18.1. The summed E-state index contributed by atoms with van der Waals surface area (Å²) in [5.41, 5.74) is 5.50. The highest BCUT2D eigenvalue weighted by molar-refractivity contribution is 5.64. The third kappa shape index (κ3) is 4.98. The van der Waals surface area contributed by atoms with Crippen molar-refractivity contribution in [2.24, 2.45) is 7.05 Å². The highest BCUT2D eigenvalue weighted by Gasteiger charge is 2.17. The zero-order chi connectivity index (χ0) is 23.3. The Hall–Kier alpha value is -4.02. The van der Waals surface area contributed by atoms with Gasteiger partial charge in [0.1, 0.15) is 23.7 Å². The summed E-state index contributed by atoms with van der Waals surface area (Å²) in [6.07, 6.45) is 8.00. The number of rotatable bonds is 6. The number of hydrogen-bond acceptors (Lipinski definition) is 6. The number of benzene rings is 2. The summed E-state index contributed by atoms with van der Waals surface area (Å²) >= 11 is 0. The second kappa shape index (κ2) is 9.86. The van der Waals surface area contributed by atoms with Crippen molar-refractivity contribution in [3.05, 3.63) is 84.1 Å². The van der Waals surface area contributed by atoms with Crippen LogP contribution in [0.1, 0.15) is 29.8 Å². The van der Waals surface area contributed by atoms with E-state index in [-0.39, 0.29) is 6.10 Å². The molecule has 170 valence electrons. The lowest BCUT2D eigenvalue weighted by Crippen LogP contribution is -2.26. The number of ether oxygens (including phenoxy) is 2. The minimum absolute atomic E-state index is 0.0851. The lowest BCUT2D eigenvalue weighted by Gasteiger charge is -2.23. The molecule has 5 rings (SSSR count). The standard InChI is InChI=1S/C27H25N5O2/c1-32-18-23(17-30-32)20-4-2-19(3-5-20)14-27-29-11-8-25(31-27)21-6-7-26(22(15-21)16-28)34-24-9-12-33-13-10-24/h2-8,11,15,17-18,24H,9-10,12-14H2,1H3. The largest absolute Gasteiger partial charge is 0.489 e. The Labute approximate surface area is 198 Å². The first-order valence-electron chi connectivity index (χ1n) is 11.4. The molecular formula is C27H25N5O2. The second-order valence-corrected chi connectivity index (χ2v) is 8.39. The van der Waals surface area contributed by atoms with Gasteiger partial charge in [0.15, 0.2) is 0 Å². The molecule has 7 heteroatoms. The van der Waals surface area contributed by atoms with Gasteiger partial charge in [0.05, 0.1) is 30.7 Å². The normalized spacial score (nSPS) is 14.0. The summed E-state index contributed by atoms with van der Waals surface area (Å²) < 4.78 is 13.3. The first kappa shape index (κ1) is 21.8. The van der Waals surface area contributed by atoms with Crippen molar-refractivity contribution in [1.82, 2.24) is 19.7 Å². The molecule has 0 saturated carbocycles. The van der Waals surface area contributed by atoms with Gasteiger partial charge < -0.3 is 9.47 Å². The van der Waals surface area contributed by atoms with Gasteiger partial charge in [-0.3, -0.25) is 4.68 Å². The van der Waals surface area contributed by atoms with Crippen LogP contribution < -0.4 is 4.74 Å². The zero-order valence-electron chi connectivity index (χ0n) is 19.0. The molecule has 0 N–H and O–H groups in total. The van der Waals surface area contributed by atoms with E-state index in [0.717, 1.165) is 46.6 Å². The van der Waals surface area contributed by atoms with Crippen LogP contribution >= 0.6 is 0 Å². The fourth-order valence-electron chi connectivity index (χ4n) is 4.07. The molecule has 0 atom stereocenters. The number of aromatic nitrogens is 4. The molecule has 1 saturated heterocycles. The number of hydrogen-bond donors (Lipinski definition) is 0. The lowest BCUT2D eigenvalue weighted by atomic mass is 10.0. The summed E-state index contributed by atoms with van der Waals surface area (Å²) in [5.74, 6) is 1.34. The molecule has 3 heterocycles. The van der Waals surface area contributed by atoms with E-state index in [1.807, 2.05) is 43.7 Å². The molecule has 1 aliphatic rings. The maximum Gasteiger partial charge on any atom is 0.137 e. The average Bonchev–Trinajstić information content (AvgIpc) is 3.32. The van der Waals surface area contributed by atoms with E-state index < -0.39 is 0 Å². The van der Waals surface area contributed by atoms with E-state index in [2.05, 4.69) is 40.4 Å². The second-order valence-electron chi connectivity index (χ2n) is 8.39. The molecule has 0 amide bonds. The number of nitriles is 1. The molecule has 0 aliphatic carbocycles. The van der Waals surface area contributed by atoms with Crippen LogP contribution in [-0.4, -0.2) is 39.1 Å². The van der Waals surface area contributed by atoms with Gasteiger partial charge in [-0.25, -0.2) is 9.97 Å². The fraction of sp³-hybridized carbons (Fsp3) is 0.259. The molecule has 1 aliphatic heterocycles. The van der Waals surface area contributed by atoms with Crippen molar-refractivity contribution < 1.29 is 9.47 Å². The van der Waals surface area contributed by atoms with Crippen LogP contribution in [0.4, 0.5) is 0 Å². The van der Waals surface area contributed by atoms with Crippen molar-refractivity contribution in [2.45, 2.75) is 25.4 Å². The van der Waals surface area contributed by atoms with Gasteiger partial charge in [-0.2, -0.15) is 10.4 Å². The maximum atomic E-state index is 9.68. The van der Waals surface area contributed by atoms with Gasteiger partial charge >= 0.3 is 0 Å². The Balaban J connectivity index is 1.32. The first-order valence-corrected chi connectivity index (χ1v) is 11.4. The van der Waals surface area contributed by atoms with Gasteiger partial charge in [-0.1, -0.05) is 24.3 Å². The molecule has 4 aromatic rings. The first-order chi connectivity index (χ1) is 16.7. The van der Waals surface area contributed by atoms with Crippen LogP contribution in [0.15, 0.2) is 67.1 Å². The van der Waals surface area contributed by atoms with Crippen molar-refractivity contribution in [3.8, 4) is 34.2 Å². The van der Waals surface area contributed by atoms with E-state index in [4.69, 9.17) is 14.5 Å². The maximum absolute atomic E-state index is 9.68. The average molecular weight is 452 g/mol. The number of aryl methyl sites for hydroxylation is 1. The third-order valence-corrected chi connectivity index (χ3v) is 5.92. The molecule has 0 spiro atoms. The quantitative estimate of drug-likeness (QED) is 0.427. The Morgan fingerprint density at radius 2 is 1.85 bits per heavy atom. The molecule has 2 aromatic heterocycles. The monoisotopic (exact) mass is 451 g/mol. The minimum Gasteiger partial charge on any atom is -0.489 e. The molecular weight excluding hydrogens is 426 g/mol. The topological polar surface area (TPSA) is 85.9 Å². The van der Waals surface area contributed by atoms with Gasteiger partial charge in [-0.15, -0.1) is 0 Å². The van der Waals surface area contributed by atoms with Crippen molar-refractivity contribution >= 4 is 0 Å². The van der Waals surface area contributed by atoms with Gasteiger partial charge in [0.25, 0.3) is 0 Å². The molecule has 1 fully saturated rings. The van der Waals surface area contributed by atoms with Crippen LogP contribution in [0.2, 0.25) is 0 Å². The van der Waals surface area contributed by atoms with E-state index in [9.17, 15) is 5.26 Å². The molecule has 0 radical (unpaired) electrons. The van der Waals surface area contributed by atoms with Crippen molar-refractivity contribution in [2.75, 3.05) is 13.2 Å². The van der Waals surface area contributed by atoms with Crippen LogP contribution in [-0.2, 0) is 18.2 Å². The van der Waals surface area contributed by atoms with Gasteiger partial charge in [0, 0.05) is 49.8 Å². The van der Waals surface area contributed by atoms with Gasteiger partial charge in [0.2, 0.25) is 0 Å². The number of nitrogens with zero attached hydrogens (tertiary/aromatic N) is 5. The predicted molar refractivity (Wildman–Crippen MR) is 128 cm³/mol. The molecule has 2 aromatic carbocycles. The Bertz CT molecular complexity index is 1320. The zero-order valence-corrected chi connectivity index (χ0v) is 19.0. The van der Waals surface area contributed by atoms with Gasteiger partial charge in [-0.05, 0) is 35.4 Å². The highest BCUT2D eigenvalue weighted by Crippen LogP contribution is 2.28. The van der Waals surface area contributed by atoms with Crippen LogP contribution in [0.5, 0.6) is 5.75 Å². The Morgan fingerprint density at radius 3 is 2.59 bits per heavy atom. The Morgan fingerprint density at radius 1 is 1.06 bits per heavy atom. The van der Waals surface area contributed by atoms with Crippen molar-refractivity contribution in [1.29, 1.82) is 5.26 Å². The molecule has 7 nitrogen and oxygen atoms in total. The van der Waals surface area contributed by atoms with Crippen LogP contribution in [0, 0.1) is 11.3 Å². The van der Waals surface area contributed by atoms with Crippen LogP contribution in [0.25, 0.3) is 22.4 Å². The minimum atomic E-state index is 0.0851. The summed E-state index contributed by atoms with van der Waals surface area (Å²) in [7, 11) is 1.91. The molecule has 0 unspecified atom stereocenters. The van der Waals surface area contributed by atoms with Crippen molar-refractivity contribution in [3.63, 3.8) is 0 Å². The third-order valence-electron chi connectivity index (χ3n) is 5.92. The Kier molecular flexibility index (Phi) is 6.32. The van der Waals surface area contributed by atoms with E-state index in [0.29, 0.717) is 30.9 Å². The smallest absolute Gasteiger partial charge is 0.137 e. The van der Waals surface area contributed by atoms with E-state index in [1.165, 1.54) is 0 Å². The highest BCUT2D eigenvalue weighted by atomic mass is 16.5. The van der Waals surface area contributed by atoms with Crippen LogP contribution in [0.3, 0.4) is 0 Å². The fourth-order valence-corrected chi connectivity index (χ4v) is 4.07. The SMILES string of the molecule is Cn1cc(-c2ccc(Cc3nccc(-c4ccc(OC5CCOCC5)c(C#N)c4)n3)cc2)cn1. The predicted octanol–water partition coefficient (Wildman–Crippen LogP) is 4.56. The van der Waals surface area contributed by atoms with E-state index in [1.54, 1.807) is 10.9 Å². The summed E-state index contributed by atoms with van der Waals surface area (Å²) in [4.78, 5) is 9.21. The summed E-state index contributed by atoms with van der Waals surface area (Å²) in [5, 5.41) is 13.9. The summed E-state index contributed by atoms with van der Waals surface area (Å²) in [6.45, 7) is 1.39. The lowest BCUT2D eigenvalue weighted by molar-refractivity contribution is 0.0254.